The van der Waals surface area contributed by atoms with Crippen LogP contribution in [-0.2, 0) is 30.7 Å². The summed E-state index contributed by atoms with van der Waals surface area (Å²) in [4.78, 5) is 0. The van der Waals surface area contributed by atoms with Crippen LogP contribution in [0.2, 0.25) is 0 Å². The third-order valence-corrected chi connectivity index (χ3v) is 3.12. The molecule has 0 spiro atoms. The van der Waals surface area contributed by atoms with Crippen molar-refractivity contribution in [2.24, 2.45) is 0 Å². The molecule has 0 atom stereocenters. The molecule has 0 fully saturated rings. The molecule has 0 aliphatic heterocycles. The Balaban J connectivity index is 2.66. The molecular weight excluding hydrogens is 278 g/mol. The van der Waals surface area contributed by atoms with Crippen LogP contribution in [0, 0.1) is 0 Å². The summed E-state index contributed by atoms with van der Waals surface area (Å²) in [5.74, 6) is 0. The van der Waals surface area contributed by atoms with E-state index in [1.807, 2.05) is 0 Å². The quantitative estimate of drug-likeness (QED) is 0.775. The van der Waals surface area contributed by atoms with Gasteiger partial charge in [0.1, 0.15) is 0 Å². The van der Waals surface area contributed by atoms with Crippen molar-refractivity contribution in [3.05, 3.63) is 29.8 Å². The van der Waals surface area contributed by atoms with Gasteiger partial charge in [0.2, 0.25) is 10.0 Å². The fourth-order valence-corrected chi connectivity index (χ4v) is 2.26. The molecule has 0 radical (unpaired) electrons. The molecule has 0 bridgehead atoms. The molecule has 0 heterocycles. The van der Waals surface area contributed by atoms with Gasteiger partial charge in [0.15, 0.2) is 0 Å². The number of hydrogen-bond acceptors (Lipinski definition) is 5. The van der Waals surface area contributed by atoms with E-state index >= 15 is 0 Å². The molecule has 1 aromatic carbocycles. The number of hydrogen-bond donors (Lipinski definition) is 1. The van der Waals surface area contributed by atoms with Gasteiger partial charge in [0.25, 0.3) is 10.1 Å². The minimum atomic E-state index is -3.44. The second-order valence-electron chi connectivity index (χ2n) is 3.85. The van der Waals surface area contributed by atoms with Crippen molar-refractivity contribution in [3.63, 3.8) is 0 Å². The molecule has 102 valence electrons. The molecule has 0 saturated heterocycles. The van der Waals surface area contributed by atoms with Crippen LogP contribution in [0.5, 0.6) is 0 Å². The van der Waals surface area contributed by atoms with E-state index in [0.717, 1.165) is 18.1 Å². The molecule has 0 aliphatic carbocycles. The third kappa shape index (κ3) is 6.58. The van der Waals surface area contributed by atoms with Gasteiger partial charge in [-0.2, -0.15) is 8.42 Å². The highest BCUT2D eigenvalue weighted by Gasteiger charge is 2.04. The standard InChI is InChI=1S/C10H15NO5S2/c1-17(12,13)11-10-5-3-4-9(8-10)6-7-16-18(2,14)15/h3-5,8,11H,6-7H2,1-2H3. The van der Waals surface area contributed by atoms with Crippen molar-refractivity contribution >= 4 is 25.8 Å². The van der Waals surface area contributed by atoms with Gasteiger partial charge in [-0.1, -0.05) is 12.1 Å². The molecular formula is C10H15NO5S2. The number of anilines is 1. The van der Waals surface area contributed by atoms with Crippen LogP contribution < -0.4 is 4.72 Å². The van der Waals surface area contributed by atoms with E-state index in [0.29, 0.717) is 12.1 Å². The molecule has 8 heteroatoms. The maximum atomic E-state index is 11.0. The van der Waals surface area contributed by atoms with Crippen molar-refractivity contribution in [3.8, 4) is 0 Å². The molecule has 1 aromatic rings. The van der Waals surface area contributed by atoms with Gasteiger partial charge < -0.3 is 0 Å². The molecule has 0 amide bonds. The number of nitrogens with one attached hydrogen (secondary N) is 1. The Kier molecular flexibility index (Phi) is 4.71. The van der Waals surface area contributed by atoms with E-state index in [-0.39, 0.29) is 6.61 Å². The lowest BCUT2D eigenvalue weighted by Gasteiger charge is -2.06. The summed E-state index contributed by atoms with van der Waals surface area (Å²) < 4.78 is 50.6. The van der Waals surface area contributed by atoms with E-state index in [9.17, 15) is 16.8 Å². The Morgan fingerprint density at radius 2 is 1.83 bits per heavy atom. The summed E-state index contributed by atoms with van der Waals surface area (Å²) in [5, 5.41) is 0. The van der Waals surface area contributed by atoms with E-state index in [2.05, 4.69) is 8.91 Å². The minimum absolute atomic E-state index is 0.0289. The topological polar surface area (TPSA) is 89.5 Å². The molecule has 0 aliphatic rings. The van der Waals surface area contributed by atoms with Crippen molar-refractivity contribution in [2.45, 2.75) is 6.42 Å². The Hall–Kier alpha value is -1.12. The fraction of sp³-hybridized carbons (Fsp3) is 0.400. The molecule has 18 heavy (non-hydrogen) atoms. The first-order chi connectivity index (χ1) is 8.16. The Bertz CT molecular complexity index is 607. The van der Waals surface area contributed by atoms with E-state index in [1.54, 1.807) is 24.3 Å². The van der Waals surface area contributed by atoms with Crippen molar-refractivity contribution in [1.29, 1.82) is 0 Å². The van der Waals surface area contributed by atoms with Crippen LogP contribution >= 0.6 is 0 Å². The van der Waals surface area contributed by atoms with Crippen LogP contribution in [0.25, 0.3) is 0 Å². The summed E-state index contributed by atoms with van der Waals surface area (Å²) >= 11 is 0. The molecule has 1 N–H and O–H groups in total. The van der Waals surface area contributed by atoms with Crippen LogP contribution in [0.1, 0.15) is 5.56 Å². The van der Waals surface area contributed by atoms with Crippen LogP contribution in [0.4, 0.5) is 5.69 Å². The molecule has 0 saturated carbocycles. The van der Waals surface area contributed by atoms with Crippen LogP contribution in [-0.4, -0.2) is 36.0 Å². The highest BCUT2D eigenvalue weighted by Crippen LogP contribution is 2.12. The van der Waals surface area contributed by atoms with Gasteiger partial charge in [-0.3, -0.25) is 8.91 Å². The van der Waals surface area contributed by atoms with Crippen molar-refractivity contribution in [2.75, 3.05) is 23.8 Å². The maximum Gasteiger partial charge on any atom is 0.264 e. The summed E-state index contributed by atoms with van der Waals surface area (Å²) in [7, 11) is -6.76. The number of benzene rings is 1. The second kappa shape index (κ2) is 5.68. The fourth-order valence-electron chi connectivity index (χ4n) is 1.32. The second-order valence-corrected chi connectivity index (χ2v) is 7.24. The maximum absolute atomic E-state index is 11.0. The van der Waals surface area contributed by atoms with Crippen molar-refractivity contribution in [1.82, 2.24) is 0 Å². The summed E-state index contributed by atoms with van der Waals surface area (Å²) in [6.07, 6.45) is 2.42. The lowest BCUT2D eigenvalue weighted by Crippen LogP contribution is -2.10. The lowest BCUT2D eigenvalue weighted by molar-refractivity contribution is 0.326. The summed E-state index contributed by atoms with van der Waals surface area (Å²) in [6.45, 7) is 0.0289. The third-order valence-electron chi connectivity index (χ3n) is 1.92. The first-order valence-corrected chi connectivity index (χ1v) is 8.78. The molecule has 1 rings (SSSR count). The first kappa shape index (κ1) is 14.9. The zero-order chi connectivity index (χ0) is 13.8. The van der Waals surface area contributed by atoms with E-state index < -0.39 is 20.1 Å². The first-order valence-electron chi connectivity index (χ1n) is 5.07. The zero-order valence-corrected chi connectivity index (χ0v) is 11.7. The Labute approximate surface area is 107 Å². The SMILES string of the molecule is CS(=O)(=O)Nc1cccc(CCOS(C)(=O)=O)c1. The summed E-state index contributed by atoms with van der Waals surface area (Å²) in [5.41, 5.74) is 1.22. The van der Waals surface area contributed by atoms with Gasteiger partial charge in [-0.05, 0) is 24.1 Å². The highest BCUT2D eigenvalue weighted by atomic mass is 32.2. The predicted molar refractivity (Wildman–Crippen MR) is 69.4 cm³/mol. The Morgan fingerprint density at radius 1 is 1.17 bits per heavy atom. The average Bonchev–Trinajstić information content (AvgIpc) is 2.13. The van der Waals surface area contributed by atoms with Gasteiger partial charge in [-0.15, -0.1) is 0 Å². The highest BCUT2D eigenvalue weighted by molar-refractivity contribution is 7.92. The van der Waals surface area contributed by atoms with Gasteiger partial charge in [-0.25, -0.2) is 8.42 Å². The van der Waals surface area contributed by atoms with Crippen molar-refractivity contribution < 1.29 is 21.0 Å². The summed E-state index contributed by atoms with van der Waals surface area (Å²) in [6, 6.07) is 6.69. The molecule has 0 unspecified atom stereocenters. The lowest BCUT2D eigenvalue weighted by atomic mass is 10.1. The average molecular weight is 293 g/mol. The normalized spacial score (nSPS) is 12.3. The van der Waals surface area contributed by atoms with Gasteiger partial charge >= 0.3 is 0 Å². The van der Waals surface area contributed by atoms with Gasteiger partial charge in [0, 0.05) is 5.69 Å². The Morgan fingerprint density at radius 3 is 2.39 bits per heavy atom. The van der Waals surface area contributed by atoms with Crippen LogP contribution in [0.3, 0.4) is 0 Å². The number of sulfonamides is 1. The number of rotatable bonds is 6. The predicted octanol–water partition coefficient (Wildman–Crippen LogP) is 0.577. The van der Waals surface area contributed by atoms with E-state index in [4.69, 9.17) is 0 Å². The van der Waals surface area contributed by atoms with Gasteiger partial charge in [0.05, 0.1) is 19.1 Å². The monoisotopic (exact) mass is 293 g/mol. The van der Waals surface area contributed by atoms with E-state index in [1.165, 1.54) is 0 Å². The smallest absolute Gasteiger partial charge is 0.264 e. The molecule has 6 nitrogen and oxygen atoms in total. The zero-order valence-electron chi connectivity index (χ0n) is 10.1. The largest absolute Gasteiger partial charge is 0.284 e. The molecule has 0 aromatic heterocycles. The minimum Gasteiger partial charge on any atom is -0.284 e. The van der Waals surface area contributed by atoms with Crippen LogP contribution in [0.15, 0.2) is 24.3 Å².